The van der Waals surface area contributed by atoms with E-state index in [2.05, 4.69) is 31.0 Å². The van der Waals surface area contributed by atoms with Crippen molar-refractivity contribution in [3.63, 3.8) is 0 Å². The van der Waals surface area contributed by atoms with Crippen LogP contribution in [0.25, 0.3) is 0 Å². The Morgan fingerprint density at radius 3 is 2.43 bits per heavy atom. The molecule has 2 fully saturated rings. The molecule has 1 saturated heterocycles. The largest absolute Gasteiger partial charge is 0.303 e. The van der Waals surface area contributed by atoms with Crippen LogP contribution in [0.3, 0.4) is 0 Å². The normalized spacial score (nSPS) is 18.0. The second-order valence-electron chi connectivity index (χ2n) is 7.53. The van der Waals surface area contributed by atoms with Crippen molar-refractivity contribution < 1.29 is 4.79 Å². The van der Waals surface area contributed by atoms with Gasteiger partial charge in [-0.05, 0) is 61.2 Å². The van der Waals surface area contributed by atoms with Crippen molar-refractivity contribution in [1.82, 2.24) is 4.98 Å². The number of hydrogen-bond acceptors (Lipinski definition) is 4. The SMILES string of the molecule is CC(C)c1ccc(N2C(=S)N(c3cnc(C#N)c(Cl)c3)C(=O)C23CCC3)cc1. The molecule has 1 aliphatic carbocycles. The number of amides is 1. The van der Waals surface area contributed by atoms with Crippen LogP contribution in [-0.2, 0) is 4.79 Å². The van der Waals surface area contributed by atoms with Crippen molar-refractivity contribution in [2.75, 3.05) is 9.80 Å². The Kier molecular flexibility index (Phi) is 4.60. The van der Waals surface area contributed by atoms with E-state index in [0.717, 1.165) is 24.9 Å². The third-order valence-corrected chi connectivity index (χ3v) is 6.25. The van der Waals surface area contributed by atoms with E-state index < -0.39 is 5.54 Å². The predicted octanol–water partition coefficient (Wildman–Crippen LogP) is 4.79. The Morgan fingerprint density at radius 2 is 1.93 bits per heavy atom. The summed E-state index contributed by atoms with van der Waals surface area (Å²) in [6.45, 7) is 4.30. The van der Waals surface area contributed by atoms with Crippen molar-refractivity contribution in [3.8, 4) is 6.07 Å². The number of rotatable bonds is 3. The Morgan fingerprint density at radius 1 is 1.25 bits per heavy atom. The minimum atomic E-state index is -0.642. The van der Waals surface area contributed by atoms with Gasteiger partial charge in [0, 0.05) is 5.69 Å². The Hall–Kier alpha value is -2.49. The molecule has 0 atom stereocenters. The smallest absolute Gasteiger partial charge is 0.259 e. The van der Waals surface area contributed by atoms with Crippen LogP contribution in [0, 0.1) is 11.3 Å². The van der Waals surface area contributed by atoms with Crippen LogP contribution in [0.1, 0.15) is 50.3 Å². The predicted molar refractivity (Wildman–Crippen MR) is 114 cm³/mol. The van der Waals surface area contributed by atoms with Crippen LogP contribution in [0.5, 0.6) is 0 Å². The van der Waals surface area contributed by atoms with E-state index in [1.807, 2.05) is 23.1 Å². The van der Waals surface area contributed by atoms with Gasteiger partial charge in [0.15, 0.2) is 10.8 Å². The molecule has 5 nitrogen and oxygen atoms in total. The van der Waals surface area contributed by atoms with Gasteiger partial charge in [0.1, 0.15) is 11.6 Å². The van der Waals surface area contributed by atoms with Crippen LogP contribution in [0.15, 0.2) is 36.5 Å². The zero-order valence-electron chi connectivity index (χ0n) is 15.6. The Bertz CT molecular complexity index is 1010. The lowest BCUT2D eigenvalue weighted by Crippen LogP contribution is -2.55. The van der Waals surface area contributed by atoms with Crippen molar-refractivity contribution in [1.29, 1.82) is 5.26 Å². The summed E-state index contributed by atoms with van der Waals surface area (Å²) in [4.78, 5) is 21.0. The van der Waals surface area contributed by atoms with Crippen LogP contribution >= 0.6 is 23.8 Å². The number of carbonyl (C=O) groups is 1. The average Bonchev–Trinajstić information content (AvgIpc) is 2.88. The molecule has 2 heterocycles. The number of nitriles is 1. The molecule has 1 aliphatic heterocycles. The number of aromatic nitrogens is 1. The first-order valence-corrected chi connectivity index (χ1v) is 10.0. The van der Waals surface area contributed by atoms with Crippen molar-refractivity contribution in [2.45, 2.75) is 44.6 Å². The maximum atomic E-state index is 13.4. The maximum Gasteiger partial charge on any atom is 0.259 e. The van der Waals surface area contributed by atoms with Gasteiger partial charge in [0.05, 0.1) is 16.9 Å². The molecule has 1 amide bonds. The lowest BCUT2D eigenvalue weighted by Gasteiger charge is -2.43. The van der Waals surface area contributed by atoms with Gasteiger partial charge in [0.25, 0.3) is 5.91 Å². The topological polar surface area (TPSA) is 60.2 Å². The van der Waals surface area contributed by atoms with E-state index in [9.17, 15) is 4.79 Å². The zero-order valence-corrected chi connectivity index (χ0v) is 17.2. The minimum absolute atomic E-state index is 0.0562. The average molecular weight is 411 g/mol. The third kappa shape index (κ3) is 2.69. The summed E-state index contributed by atoms with van der Waals surface area (Å²) in [5.41, 5.74) is 2.13. The number of nitrogens with zero attached hydrogens (tertiary/aromatic N) is 4. The van der Waals surface area contributed by atoms with E-state index in [1.54, 1.807) is 6.07 Å². The highest BCUT2D eigenvalue weighted by molar-refractivity contribution is 7.81. The van der Waals surface area contributed by atoms with Crippen LogP contribution in [0.2, 0.25) is 5.02 Å². The number of anilines is 2. The van der Waals surface area contributed by atoms with Crippen molar-refractivity contribution >= 4 is 46.2 Å². The number of thiocarbonyl (C=S) groups is 1. The molecule has 142 valence electrons. The van der Waals surface area contributed by atoms with Crippen molar-refractivity contribution in [3.05, 3.63) is 52.8 Å². The number of hydrogen-bond donors (Lipinski definition) is 0. The highest BCUT2D eigenvalue weighted by Gasteiger charge is 2.59. The van der Waals surface area contributed by atoms with Gasteiger partial charge in [0.2, 0.25) is 0 Å². The highest BCUT2D eigenvalue weighted by Crippen LogP contribution is 2.48. The summed E-state index contributed by atoms with van der Waals surface area (Å²) >= 11 is 11.9. The maximum absolute atomic E-state index is 13.4. The summed E-state index contributed by atoms with van der Waals surface area (Å²) < 4.78 is 0. The molecule has 1 spiro atoms. The molecule has 2 aliphatic rings. The molecule has 0 bridgehead atoms. The second-order valence-corrected chi connectivity index (χ2v) is 8.30. The number of carbonyl (C=O) groups excluding carboxylic acids is 1. The fourth-order valence-electron chi connectivity index (χ4n) is 3.85. The monoisotopic (exact) mass is 410 g/mol. The Labute approximate surface area is 174 Å². The molecule has 0 unspecified atom stereocenters. The molecule has 0 N–H and O–H groups in total. The van der Waals surface area contributed by atoms with Gasteiger partial charge < -0.3 is 4.90 Å². The first-order valence-electron chi connectivity index (χ1n) is 9.23. The standard InChI is InChI=1S/C21H19ClN4OS/c1-13(2)14-4-6-15(7-5-14)26-20(28)25(19(27)21(26)8-3-9-21)16-10-17(22)18(11-23)24-12-16/h4-7,10,12-13H,3,8-9H2,1-2H3. The summed E-state index contributed by atoms with van der Waals surface area (Å²) in [6, 6.07) is 11.7. The molecule has 7 heteroatoms. The van der Waals surface area contributed by atoms with Crippen LogP contribution in [0.4, 0.5) is 11.4 Å². The summed E-state index contributed by atoms with van der Waals surface area (Å²) in [5, 5.41) is 9.68. The quantitative estimate of drug-likeness (QED) is 0.681. The number of halogens is 1. The molecule has 1 saturated carbocycles. The van der Waals surface area contributed by atoms with Gasteiger partial charge in [-0.2, -0.15) is 5.26 Å². The van der Waals surface area contributed by atoms with Crippen LogP contribution in [-0.4, -0.2) is 21.5 Å². The highest BCUT2D eigenvalue weighted by atomic mass is 35.5. The second kappa shape index (κ2) is 6.84. The van der Waals surface area contributed by atoms with Gasteiger partial charge >= 0.3 is 0 Å². The first-order chi connectivity index (χ1) is 13.4. The fraction of sp³-hybridized carbons (Fsp3) is 0.333. The minimum Gasteiger partial charge on any atom is -0.303 e. The first kappa shape index (κ1) is 18.9. The van der Waals surface area contributed by atoms with E-state index in [4.69, 9.17) is 29.1 Å². The summed E-state index contributed by atoms with van der Waals surface area (Å²) in [5.74, 6) is 0.376. The third-order valence-electron chi connectivity index (χ3n) is 5.60. The number of benzene rings is 1. The molecule has 0 radical (unpaired) electrons. The van der Waals surface area contributed by atoms with E-state index >= 15 is 0 Å². The summed E-state index contributed by atoms with van der Waals surface area (Å²) in [7, 11) is 0. The molecule has 28 heavy (non-hydrogen) atoms. The van der Waals surface area contributed by atoms with Crippen LogP contribution < -0.4 is 9.80 Å². The summed E-state index contributed by atoms with van der Waals surface area (Å²) in [6.07, 6.45) is 3.97. The zero-order chi connectivity index (χ0) is 20.1. The van der Waals surface area contributed by atoms with Gasteiger partial charge in [-0.25, -0.2) is 4.98 Å². The number of pyridine rings is 1. The van der Waals surface area contributed by atoms with E-state index in [-0.39, 0.29) is 16.6 Å². The fourth-order valence-corrected chi connectivity index (χ4v) is 4.52. The molecular formula is C21H19ClN4OS. The van der Waals surface area contributed by atoms with Gasteiger partial charge in [-0.3, -0.25) is 9.69 Å². The lowest BCUT2D eigenvalue weighted by molar-refractivity contribution is -0.123. The molecule has 1 aromatic carbocycles. The molecule has 4 rings (SSSR count). The molecule has 2 aromatic rings. The van der Waals surface area contributed by atoms with Gasteiger partial charge in [-0.15, -0.1) is 0 Å². The van der Waals surface area contributed by atoms with E-state index in [1.165, 1.54) is 16.7 Å². The van der Waals surface area contributed by atoms with E-state index in [0.29, 0.717) is 16.7 Å². The molecular weight excluding hydrogens is 392 g/mol. The van der Waals surface area contributed by atoms with Gasteiger partial charge in [-0.1, -0.05) is 37.6 Å². The Balaban J connectivity index is 1.76. The van der Waals surface area contributed by atoms with Crippen molar-refractivity contribution in [2.24, 2.45) is 0 Å². The molecule has 1 aromatic heterocycles. The lowest BCUT2D eigenvalue weighted by atomic mass is 9.75.